The zero-order valence-corrected chi connectivity index (χ0v) is 9.08. The summed E-state index contributed by atoms with van der Waals surface area (Å²) in [5, 5.41) is 2.95. The van der Waals surface area contributed by atoms with Gasteiger partial charge in [-0.15, -0.1) is 0 Å². The largest absolute Gasteiger partial charge is 0.393 e. The van der Waals surface area contributed by atoms with E-state index >= 15 is 0 Å². The summed E-state index contributed by atoms with van der Waals surface area (Å²) < 4.78 is 0. The third-order valence-electron chi connectivity index (χ3n) is 2.14. The molecule has 0 bridgehead atoms. The molecule has 2 nitrogen and oxygen atoms in total. The van der Waals surface area contributed by atoms with Crippen molar-refractivity contribution in [2.75, 3.05) is 7.05 Å². The van der Waals surface area contributed by atoms with Gasteiger partial charge < -0.3 is 5.32 Å². The molecule has 1 aromatic rings. The van der Waals surface area contributed by atoms with Gasteiger partial charge in [0, 0.05) is 18.8 Å². The third kappa shape index (κ3) is 2.81. The molecule has 1 aromatic carbocycles. The van der Waals surface area contributed by atoms with Crippen molar-refractivity contribution in [3.63, 3.8) is 0 Å². The van der Waals surface area contributed by atoms with E-state index in [9.17, 15) is 4.79 Å². The van der Waals surface area contributed by atoms with Gasteiger partial charge in [-0.05, 0) is 18.1 Å². The van der Waals surface area contributed by atoms with E-state index in [2.05, 4.69) is 11.9 Å². The van der Waals surface area contributed by atoms with Crippen molar-refractivity contribution in [1.82, 2.24) is 5.32 Å². The third-order valence-corrected chi connectivity index (χ3v) is 2.14. The molecule has 2 heteroatoms. The fourth-order valence-electron chi connectivity index (χ4n) is 1.31. The summed E-state index contributed by atoms with van der Waals surface area (Å²) >= 11 is 0. The number of Topliss-reactive ketones (excluding diaryl/α,β-unsaturated/α-hetero) is 1. The molecule has 0 spiro atoms. The van der Waals surface area contributed by atoms with Crippen molar-refractivity contribution in [3.8, 4) is 0 Å². The Balaban J connectivity index is 3.02. The predicted molar refractivity (Wildman–Crippen MR) is 63.7 cm³/mol. The highest BCUT2D eigenvalue weighted by Crippen LogP contribution is 2.15. The van der Waals surface area contributed by atoms with E-state index in [-0.39, 0.29) is 5.78 Å². The van der Waals surface area contributed by atoms with Crippen molar-refractivity contribution < 1.29 is 4.79 Å². The lowest BCUT2D eigenvalue weighted by molar-refractivity contribution is 0.101. The molecule has 0 aliphatic rings. The Hall–Kier alpha value is -1.83. The second kappa shape index (κ2) is 5.15. The van der Waals surface area contributed by atoms with Crippen molar-refractivity contribution in [2.45, 2.75) is 6.92 Å². The molecule has 1 N–H and O–H groups in total. The van der Waals surface area contributed by atoms with Crippen LogP contribution in [0, 0.1) is 0 Å². The first-order valence-corrected chi connectivity index (χ1v) is 4.80. The molecule has 0 amide bonds. The predicted octanol–water partition coefficient (Wildman–Crippen LogP) is 2.64. The average molecular weight is 201 g/mol. The summed E-state index contributed by atoms with van der Waals surface area (Å²) in [6, 6.07) is 7.48. The first kappa shape index (κ1) is 11.2. The molecule has 0 aliphatic heterocycles. The zero-order valence-electron chi connectivity index (χ0n) is 9.08. The van der Waals surface area contributed by atoms with Crippen LogP contribution in [0.1, 0.15) is 22.8 Å². The lowest BCUT2D eigenvalue weighted by Gasteiger charge is -2.03. The summed E-state index contributed by atoms with van der Waals surface area (Å²) in [5.74, 6) is 0.0827. The molecule has 1 rings (SSSR count). The van der Waals surface area contributed by atoms with Gasteiger partial charge in [-0.25, -0.2) is 0 Å². The smallest absolute Gasteiger partial charge is 0.159 e. The van der Waals surface area contributed by atoms with Crippen LogP contribution in [0.3, 0.4) is 0 Å². The Kier molecular flexibility index (Phi) is 3.86. The number of benzene rings is 1. The lowest BCUT2D eigenvalue weighted by Crippen LogP contribution is -1.96. The minimum absolute atomic E-state index is 0.0827. The molecule has 0 unspecified atom stereocenters. The highest BCUT2D eigenvalue weighted by atomic mass is 16.1. The van der Waals surface area contributed by atoms with Crippen LogP contribution in [-0.2, 0) is 0 Å². The maximum Gasteiger partial charge on any atom is 0.159 e. The summed E-state index contributed by atoms with van der Waals surface area (Å²) in [6.07, 6.45) is 3.65. The van der Waals surface area contributed by atoms with Gasteiger partial charge in [0.25, 0.3) is 0 Å². The molecule has 15 heavy (non-hydrogen) atoms. The van der Waals surface area contributed by atoms with Crippen LogP contribution in [0.15, 0.2) is 43.1 Å². The van der Waals surface area contributed by atoms with Crippen molar-refractivity contribution in [3.05, 3.63) is 54.2 Å². The van der Waals surface area contributed by atoms with Gasteiger partial charge in [0.15, 0.2) is 5.78 Å². The highest BCUT2D eigenvalue weighted by Gasteiger charge is 2.00. The van der Waals surface area contributed by atoms with Crippen LogP contribution < -0.4 is 5.32 Å². The van der Waals surface area contributed by atoms with Gasteiger partial charge in [-0.1, -0.05) is 36.9 Å². The number of ketones is 1. The van der Waals surface area contributed by atoms with Crippen molar-refractivity contribution in [2.24, 2.45) is 0 Å². The quantitative estimate of drug-likeness (QED) is 0.599. The van der Waals surface area contributed by atoms with Gasteiger partial charge in [-0.3, -0.25) is 4.79 Å². The molecule has 0 aromatic heterocycles. The van der Waals surface area contributed by atoms with Gasteiger partial charge >= 0.3 is 0 Å². The standard InChI is InChI=1S/C13H15NO/c1-4-11(9-14-3)13-7-5-12(6-8-13)10(2)15/h4-9,14H,1H2,2-3H3/b11-9+. The molecule has 0 atom stereocenters. The minimum Gasteiger partial charge on any atom is -0.393 e. The average Bonchev–Trinajstić information content (AvgIpc) is 2.26. The van der Waals surface area contributed by atoms with Crippen molar-refractivity contribution in [1.29, 1.82) is 0 Å². The first-order chi connectivity index (χ1) is 7.19. The molecule has 0 heterocycles. The van der Waals surface area contributed by atoms with E-state index in [0.29, 0.717) is 0 Å². The number of allylic oxidation sites excluding steroid dienone is 2. The summed E-state index contributed by atoms with van der Waals surface area (Å²) in [7, 11) is 1.84. The highest BCUT2D eigenvalue weighted by molar-refractivity contribution is 5.94. The van der Waals surface area contributed by atoms with Gasteiger partial charge in [-0.2, -0.15) is 0 Å². The Morgan fingerprint density at radius 3 is 2.20 bits per heavy atom. The maximum absolute atomic E-state index is 11.1. The van der Waals surface area contributed by atoms with Gasteiger partial charge in [0.2, 0.25) is 0 Å². The van der Waals surface area contributed by atoms with Gasteiger partial charge in [0.05, 0.1) is 0 Å². The first-order valence-electron chi connectivity index (χ1n) is 4.80. The minimum atomic E-state index is 0.0827. The second-order valence-corrected chi connectivity index (χ2v) is 3.23. The topological polar surface area (TPSA) is 29.1 Å². The molecule has 0 saturated carbocycles. The summed E-state index contributed by atoms with van der Waals surface area (Å²) in [4.78, 5) is 11.1. The molecule has 0 fully saturated rings. The number of hydrogen-bond acceptors (Lipinski definition) is 2. The van der Waals surface area contributed by atoms with Crippen LogP contribution in [0.2, 0.25) is 0 Å². The molecule has 0 radical (unpaired) electrons. The molecule has 0 saturated heterocycles. The second-order valence-electron chi connectivity index (χ2n) is 3.23. The Morgan fingerprint density at radius 2 is 1.80 bits per heavy atom. The van der Waals surface area contributed by atoms with Crippen LogP contribution in [0.4, 0.5) is 0 Å². The fourth-order valence-corrected chi connectivity index (χ4v) is 1.31. The Morgan fingerprint density at radius 1 is 1.27 bits per heavy atom. The fraction of sp³-hybridized carbons (Fsp3) is 0.154. The Labute approximate surface area is 90.3 Å². The van der Waals surface area contributed by atoms with E-state index in [0.717, 1.165) is 16.7 Å². The molecular formula is C13H15NO. The Bertz CT molecular complexity index is 388. The van der Waals surface area contributed by atoms with Crippen molar-refractivity contribution >= 4 is 11.4 Å². The normalized spacial score (nSPS) is 10.9. The number of nitrogens with one attached hydrogen (secondary N) is 1. The number of rotatable bonds is 4. The van der Waals surface area contributed by atoms with Crippen LogP contribution in [0.5, 0.6) is 0 Å². The maximum atomic E-state index is 11.1. The van der Waals surface area contributed by atoms with E-state index in [1.807, 2.05) is 37.5 Å². The molecular weight excluding hydrogens is 186 g/mol. The number of carbonyl (C=O) groups excluding carboxylic acids is 1. The zero-order chi connectivity index (χ0) is 11.3. The molecule has 78 valence electrons. The monoisotopic (exact) mass is 201 g/mol. The van der Waals surface area contributed by atoms with Gasteiger partial charge in [0.1, 0.15) is 0 Å². The lowest BCUT2D eigenvalue weighted by atomic mass is 10.0. The number of hydrogen-bond donors (Lipinski definition) is 1. The number of carbonyl (C=O) groups is 1. The van der Waals surface area contributed by atoms with Crippen LogP contribution >= 0.6 is 0 Å². The molecule has 0 aliphatic carbocycles. The van der Waals surface area contributed by atoms with E-state index in [4.69, 9.17) is 0 Å². The van der Waals surface area contributed by atoms with Crippen LogP contribution in [0.25, 0.3) is 5.57 Å². The summed E-state index contributed by atoms with van der Waals surface area (Å²) in [6.45, 7) is 5.30. The summed E-state index contributed by atoms with van der Waals surface area (Å²) in [5.41, 5.74) is 2.78. The van der Waals surface area contributed by atoms with E-state index in [1.54, 1.807) is 13.0 Å². The van der Waals surface area contributed by atoms with E-state index < -0.39 is 0 Å². The van der Waals surface area contributed by atoms with Crippen LogP contribution in [-0.4, -0.2) is 12.8 Å². The van der Waals surface area contributed by atoms with E-state index in [1.165, 1.54) is 0 Å². The SMILES string of the molecule is C=C/C(=C\NC)c1ccc(C(C)=O)cc1.